The zero-order chi connectivity index (χ0) is 19.4. The average Bonchev–Trinajstić information content (AvgIpc) is 2.73. The van der Waals surface area contributed by atoms with Crippen LogP contribution >= 0.6 is 0 Å². The van der Waals surface area contributed by atoms with E-state index in [1.165, 1.54) is 47.4 Å². The van der Waals surface area contributed by atoms with Crippen molar-refractivity contribution >= 4 is 17.8 Å². The molecule has 0 aliphatic carbocycles. The minimum absolute atomic E-state index is 0.00507. The molecular formula is C19H18FN3O4. The van der Waals surface area contributed by atoms with Gasteiger partial charge >= 0.3 is 5.97 Å². The van der Waals surface area contributed by atoms with Gasteiger partial charge in [0.1, 0.15) is 11.9 Å². The van der Waals surface area contributed by atoms with Gasteiger partial charge in [-0.25, -0.2) is 9.18 Å². The van der Waals surface area contributed by atoms with Gasteiger partial charge in [-0.05, 0) is 36.4 Å². The summed E-state index contributed by atoms with van der Waals surface area (Å²) in [6, 6.07) is 7.49. The van der Waals surface area contributed by atoms with Crippen LogP contribution in [-0.2, 0) is 9.53 Å². The highest BCUT2D eigenvalue weighted by Gasteiger charge is 2.38. The predicted molar refractivity (Wildman–Crippen MR) is 93.4 cm³/mol. The number of ether oxygens (including phenoxy) is 1. The summed E-state index contributed by atoms with van der Waals surface area (Å²) in [5, 5.41) is 0. The number of hydrogen-bond donors (Lipinski definition) is 0. The lowest BCUT2D eigenvalue weighted by Crippen LogP contribution is -2.59. The van der Waals surface area contributed by atoms with Crippen molar-refractivity contribution in [1.82, 2.24) is 14.8 Å². The number of hydrogen-bond acceptors (Lipinski definition) is 5. The molecule has 1 aliphatic rings. The monoisotopic (exact) mass is 371 g/mol. The van der Waals surface area contributed by atoms with E-state index in [0.29, 0.717) is 11.1 Å². The number of rotatable bonds is 3. The van der Waals surface area contributed by atoms with Crippen LogP contribution in [0.2, 0.25) is 0 Å². The van der Waals surface area contributed by atoms with Crippen molar-refractivity contribution in [2.75, 3.05) is 26.7 Å². The summed E-state index contributed by atoms with van der Waals surface area (Å²) in [5.74, 6) is -1.74. The summed E-state index contributed by atoms with van der Waals surface area (Å²) in [4.78, 5) is 44.4. The van der Waals surface area contributed by atoms with Crippen LogP contribution in [0.15, 0.2) is 48.8 Å². The fraction of sp³-hybridized carbons (Fsp3) is 0.263. The first-order valence-electron chi connectivity index (χ1n) is 8.35. The molecule has 7 nitrogen and oxygen atoms in total. The summed E-state index contributed by atoms with van der Waals surface area (Å²) >= 11 is 0. The maximum absolute atomic E-state index is 13.1. The smallest absolute Gasteiger partial charge is 0.330 e. The van der Waals surface area contributed by atoms with E-state index in [1.54, 1.807) is 18.3 Å². The van der Waals surface area contributed by atoms with Crippen molar-refractivity contribution in [2.45, 2.75) is 6.04 Å². The Morgan fingerprint density at radius 3 is 2.44 bits per heavy atom. The van der Waals surface area contributed by atoms with Crippen LogP contribution in [0.5, 0.6) is 0 Å². The summed E-state index contributed by atoms with van der Waals surface area (Å²) in [6.45, 7) is 0.408. The number of carbonyl (C=O) groups excluding carboxylic acids is 3. The first-order chi connectivity index (χ1) is 13.0. The van der Waals surface area contributed by atoms with E-state index in [9.17, 15) is 18.8 Å². The van der Waals surface area contributed by atoms with Crippen molar-refractivity contribution in [3.05, 3.63) is 65.7 Å². The van der Waals surface area contributed by atoms with Gasteiger partial charge in [0.05, 0.1) is 19.2 Å². The molecule has 2 heterocycles. The van der Waals surface area contributed by atoms with Crippen LogP contribution in [0.25, 0.3) is 0 Å². The molecule has 1 unspecified atom stereocenters. The molecule has 3 rings (SSSR count). The molecule has 0 N–H and O–H groups in total. The molecule has 1 fully saturated rings. The van der Waals surface area contributed by atoms with Crippen LogP contribution in [0.1, 0.15) is 20.7 Å². The van der Waals surface area contributed by atoms with E-state index in [1.807, 2.05) is 0 Å². The number of methoxy groups -OCH3 is 1. The largest absolute Gasteiger partial charge is 0.467 e. The molecule has 1 aliphatic heterocycles. The molecule has 8 heteroatoms. The van der Waals surface area contributed by atoms with Crippen molar-refractivity contribution in [3.63, 3.8) is 0 Å². The molecule has 2 aromatic rings. The number of amides is 2. The molecular weight excluding hydrogens is 353 g/mol. The zero-order valence-corrected chi connectivity index (χ0v) is 14.7. The Morgan fingerprint density at radius 2 is 1.81 bits per heavy atom. The van der Waals surface area contributed by atoms with E-state index in [-0.39, 0.29) is 31.4 Å². The number of aromatic nitrogens is 1. The van der Waals surface area contributed by atoms with Crippen LogP contribution in [0.4, 0.5) is 4.39 Å². The second-order valence-corrected chi connectivity index (χ2v) is 6.04. The van der Waals surface area contributed by atoms with E-state index in [4.69, 9.17) is 4.74 Å². The lowest BCUT2D eigenvalue weighted by Gasteiger charge is -2.39. The highest BCUT2D eigenvalue weighted by atomic mass is 19.1. The predicted octanol–water partition coefficient (Wildman–Crippen LogP) is 1.36. The maximum Gasteiger partial charge on any atom is 0.330 e. The summed E-state index contributed by atoms with van der Waals surface area (Å²) in [5.41, 5.74) is 0.664. The topological polar surface area (TPSA) is 79.8 Å². The summed E-state index contributed by atoms with van der Waals surface area (Å²) in [6.07, 6.45) is 2.97. The zero-order valence-electron chi connectivity index (χ0n) is 14.7. The number of carbonyl (C=O) groups is 3. The minimum Gasteiger partial charge on any atom is -0.467 e. The third-order valence-corrected chi connectivity index (χ3v) is 4.40. The Bertz CT molecular complexity index is 842. The lowest BCUT2D eigenvalue weighted by atomic mass is 10.1. The molecule has 0 bridgehead atoms. The van der Waals surface area contributed by atoms with Gasteiger partial charge in [0.15, 0.2) is 0 Å². The molecule has 140 valence electrons. The first-order valence-corrected chi connectivity index (χ1v) is 8.35. The van der Waals surface area contributed by atoms with Gasteiger partial charge in [-0.15, -0.1) is 0 Å². The highest BCUT2D eigenvalue weighted by Crippen LogP contribution is 2.17. The average molecular weight is 371 g/mol. The second kappa shape index (κ2) is 7.94. The van der Waals surface area contributed by atoms with Gasteiger partial charge < -0.3 is 14.5 Å². The van der Waals surface area contributed by atoms with Crippen LogP contribution in [0.3, 0.4) is 0 Å². The van der Waals surface area contributed by atoms with Gasteiger partial charge in [-0.3, -0.25) is 14.6 Å². The lowest BCUT2D eigenvalue weighted by molar-refractivity contribution is -0.147. The van der Waals surface area contributed by atoms with Crippen molar-refractivity contribution in [1.29, 1.82) is 0 Å². The molecule has 0 saturated carbocycles. The fourth-order valence-corrected chi connectivity index (χ4v) is 2.98. The van der Waals surface area contributed by atoms with Gasteiger partial charge in [0.2, 0.25) is 0 Å². The van der Waals surface area contributed by atoms with E-state index < -0.39 is 17.8 Å². The molecule has 1 aromatic heterocycles. The number of halogens is 1. The van der Waals surface area contributed by atoms with Gasteiger partial charge in [-0.1, -0.05) is 0 Å². The normalized spacial score (nSPS) is 16.7. The molecule has 0 radical (unpaired) electrons. The second-order valence-electron chi connectivity index (χ2n) is 6.04. The van der Waals surface area contributed by atoms with Crippen LogP contribution in [-0.4, -0.2) is 65.4 Å². The van der Waals surface area contributed by atoms with E-state index in [0.717, 1.165) is 0 Å². The van der Waals surface area contributed by atoms with Crippen molar-refractivity contribution in [2.24, 2.45) is 0 Å². The Kier molecular flexibility index (Phi) is 5.44. The molecule has 0 spiro atoms. The number of esters is 1. The van der Waals surface area contributed by atoms with E-state index >= 15 is 0 Å². The first kappa shape index (κ1) is 18.5. The Balaban J connectivity index is 1.80. The standard InChI is InChI=1S/C19H18FN3O4/c1-27-19(26)16-12-22(17(24)13-4-6-15(20)7-5-13)9-10-23(16)18(25)14-3-2-8-21-11-14/h2-8,11,16H,9-10,12H2,1H3. The minimum atomic E-state index is -0.930. The number of nitrogens with zero attached hydrogens (tertiary/aromatic N) is 3. The van der Waals surface area contributed by atoms with Crippen molar-refractivity contribution in [3.8, 4) is 0 Å². The number of pyridine rings is 1. The van der Waals surface area contributed by atoms with Gasteiger partial charge in [0.25, 0.3) is 11.8 Å². The Morgan fingerprint density at radius 1 is 1.07 bits per heavy atom. The summed E-state index contributed by atoms with van der Waals surface area (Å²) in [7, 11) is 1.23. The van der Waals surface area contributed by atoms with Crippen LogP contribution in [0, 0.1) is 5.82 Å². The van der Waals surface area contributed by atoms with Gasteiger partial charge in [-0.2, -0.15) is 0 Å². The maximum atomic E-state index is 13.1. The molecule has 1 atom stereocenters. The third-order valence-electron chi connectivity index (χ3n) is 4.40. The molecule has 1 aromatic carbocycles. The summed E-state index contributed by atoms with van der Waals surface area (Å²) < 4.78 is 17.9. The number of piperazine rings is 1. The van der Waals surface area contributed by atoms with Crippen molar-refractivity contribution < 1.29 is 23.5 Å². The number of benzene rings is 1. The SMILES string of the molecule is COC(=O)C1CN(C(=O)c2ccc(F)cc2)CCN1C(=O)c1cccnc1. The van der Waals surface area contributed by atoms with Gasteiger partial charge in [0, 0.05) is 31.0 Å². The molecule has 2 amide bonds. The molecule has 1 saturated heterocycles. The Labute approximate surface area is 155 Å². The van der Waals surface area contributed by atoms with Crippen LogP contribution < -0.4 is 0 Å². The molecule has 27 heavy (non-hydrogen) atoms. The highest BCUT2D eigenvalue weighted by molar-refractivity contribution is 5.98. The Hall–Kier alpha value is -3.29. The van der Waals surface area contributed by atoms with E-state index in [2.05, 4.69) is 4.98 Å². The fourth-order valence-electron chi connectivity index (χ4n) is 2.98. The third kappa shape index (κ3) is 3.94. The quantitative estimate of drug-likeness (QED) is 0.761.